The Bertz CT molecular complexity index is 523. The highest BCUT2D eigenvalue weighted by atomic mass is 79.9. The van der Waals surface area contributed by atoms with Crippen molar-refractivity contribution in [3.05, 3.63) is 38.3 Å². The molecule has 0 aromatic carbocycles. The van der Waals surface area contributed by atoms with Crippen LogP contribution in [0.3, 0.4) is 0 Å². The normalized spacial score (nSPS) is 10.6. The predicted octanol–water partition coefficient (Wildman–Crippen LogP) is 2.34. The maximum absolute atomic E-state index is 11.5. The molecule has 3 nitrogen and oxygen atoms in total. The molecular weight excluding hydrogens is 255 g/mol. The minimum absolute atomic E-state index is 0.174. The zero-order valence-corrected chi connectivity index (χ0v) is 8.69. The van der Waals surface area contributed by atoms with Crippen LogP contribution >= 0.6 is 27.5 Å². The Labute approximate surface area is 86.9 Å². The van der Waals surface area contributed by atoms with Crippen molar-refractivity contribution in [3.8, 4) is 0 Å². The number of pyridine rings is 2. The molecule has 2 heterocycles. The summed E-state index contributed by atoms with van der Waals surface area (Å²) >= 11 is 8.93. The molecule has 0 amide bonds. The summed E-state index contributed by atoms with van der Waals surface area (Å²) in [6, 6.07) is 0. The van der Waals surface area contributed by atoms with Gasteiger partial charge in [0.2, 0.25) is 5.43 Å². The number of aromatic nitrogens is 2. The van der Waals surface area contributed by atoms with Crippen LogP contribution in [0, 0.1) is 0 Å². The number of rotatable bonds is 0. The molecule has 0 saturated carbocycles. The van der Waals surface area contributed by atoms with Gasteiger partial charge in [-0.15, -0.1) is 0 Å². The number of halogens is 2. The van der Waals surface area contributed by atoms with E-state index >= 15 is 0 Å². The van der Waals surface area contributed by atoms with Crippen LogP contribution in [0.4, 0.5) is 0 Å². The first-order valence-corrected chi connectivity index (χ1v) is 4.67. The lowest BCUT2D eigenvalue weighted by Crippen LogP contribution is -2.03. The lowest BCUT2D eigenvalue weighted by Gasteiger charge is -1.98. The van der Waals surface area contributed by atoms with Crippen molar-refractivity contribution in [1.82, 2.24) is 9.97 Å². The van der Waals surface area contributed by atoms with Crippen LogP contribution in [0.25, 0.3) is 10.9 Å². The van der Waals surface area contributed by atoms with E-state index in [1.54, 1.807) is 6.20 Å². The Morgan fingerprint density at radius 1 is 1.46 bits per heavy atom. The highest BCUT2D eigenvalue weighted by Gasteiger charge is 2.04. The summed E-state index contributed by atoms with van der Waals surface area (Å²) in [6.07, 6.45) is 4.58. The van der Waals surface area contributed by atoms with Gasteiger partial charge in [-0.2, -0.15) is 0 Å². The second kappa shape index (κ2) is 3.12. The Hall–Kier alpha value is -0.870. The maximum Gasteiger partial charge on any atom is 0.209 e. The van der Waals surface area contributed by atoms with E-state index in [4.69, 9.17) is 11.6 Å². The van der Waals surface area contributed by atoms with Crippen molar-refractivity contribution in [3.63, 3.8) is 0 Å². The fourth-order valence-electron chi connectivity index (χ4n) is 1.08. The second-order valence-corrected chi connectivity index (χ2v) is 3.77. The van der Waals surface area contributed by atoms with Crippen LogP contribution in [0.15, 0.2) is 27.9 Å². The molecule has 2 aromatic rings. The fourth-order valence-corrected chi connectivity index (χ4v) is 1.69. The molecule has 0 bridgehead atoms. The smallest absolute Gasteiger partial charge is 0.209 e. The molecule has 0 aliphatic heterocycles. The average Bonchev–Trinajstić information content (AvgIpc) is 2.12. The summed E-state index contributed by atoms with van der Waals surface area (Å²) in [4.78, 5) is 18.3. The average molecular weight is 259 g/mol. The molecular formula is C8H4BrClN2O. The minimum atomic E-state index is -0.204. The summed E-state index contributed by atoms with van der Waals surface area (Å²) in [5.41, 5.74) is 0.508. The van der Waals surface area contributed by atoms with Crippen LogP contribution in [-0.2, 0) is 0 Å². The van der Waals surface area contributed by atoms with Crippen LogP contribution < -0.4 is 5.43 Å². The van der Waals surface area contributed by atoms with Gasteiger partial charge >= 0.3 is 0 Å². The Kier molecular flexibility index (Phi) is 2.09. The fraction of sp³-hybridized carbons (Fsp3) is 0. The van der Waals surface area contributed by atoms with Crippen molar-refractivity contribution in [2.24, 2.45) is 0 Å². The summed E-state index contributed by atoms with van der Waals surface area (Å²) in [5.74, 6) is 0. The Morgan fingerprint density at radius 3 is 3.00 bits per heavy atom. The van der Waals surface area contributed by atoms with Crippen molar-refractivity contribution < 1.29 is 0 Å². The molecule has 2 rings (SSSR count). The van der Waals surface area contributed by atoms with Gasteiger partial charge in [0, 0.05) is 18.6 Å². The zero-order valence-electron chi connectivity index (χ0n) is 6.34. The van der Waals surface area contributed by atoms with Gasteiger partial charge in [0.15, 0.2) is 0 Å². The van der Waals surface area contributed by atoms with Gasteiger partial charge in [-0.1, -0.05) is 11.6 Å². The van der Waals surface area contributed by atoms with Crippen molar-refractivity contribution in [1.29, 1.82) is 0 Å². The standard InChI is InChI=1S/C8H4BrClN2O/c9-5-2-11-1-4-7(5)12-3-6(10)8(4)13/h1-3H,(H,12,13). The van der Waals surface area contributed by atoms with E-state index < -0.39 is 0 Å². The lowest BCUT2D eigenvalue weighted by atomic mass is 10.3. The van der Waals surface area contributed by atoms with E-state index in [-0.39, 0.29) is 10.5 Å². The van der Waals surface area contributed by atoms with E-state index in [0.717, 1.165) is 4.47 Å². The van der Waals surface area contributed by atoms with Crippen LogP contribution in [0.5, 0.6) is 0 Å². The van der Waals surface area contributed by atoms with Crippen LogP contribution in [0.2, 0.25) is 5.02 Å². The zero-order chi connectivity index (χ0) is 9.42. The number of fused-ring (bicyclic) bond motifs is 1. The summed E-state index contributed by atoms with van der Waals surface area (Å²) in [7, 11) is 0. The number of hydrogen-bond donors (Lipinski definition) is 1. The largest absolute Gasteiger partial charge is 0.359 e. The molecule has 0 aliphatic carbocycles. The van der Waals surface area contributed by atoms with E-state index in [9.17, 15) is 4.79 Å². The first-order chi connectivity index (χ1) is 6.20. The Morgan fingerprint density at radius 2 is 2.23 bits per heavy atom. The molecule has 0 unspecified atom stereocenters. The number of hydrogen-bond acceptors (Lipinski definition) is 2. The number of nitrogens with zero attached hydrogens (tertiary/aromatic N) is 1. The monoisotopic (exact) mass is 258 g/mol. The summed E-state index contributed by atoms with van der Waals surface area (Å²) in [6.45, 7) is 0. The van der Waals surface area contributed by atoms with E-state index in [0.29, 0.717) is 10.9 Å². The van der Waals surface area contributed by atoms with Gasteiger partial charge in [-0.05, 0) is 15.9 Å². The third-order valence-electron chi connectivity index (χ3n) is 1.70. The molecule has 66 valence electrons. The molecule has 0 fully saturated rings. The Balaban J connectivity index is 3.03. The lowest BCUT2D eigenvalue weighted by molar-refractivity contribution is 1.29. The van der Waals surface area contributed by atoms with Gasteiger partial charge in [0.25, 0.3) is 0 Å². The second-order valence-electron chi connectivity index (χ2n) is 2.51. The van der Waals surface area contributed by atoms with Gasteiger partial charge in [-0.25, -0.2) is 0 Å². The first kappa shape index (κ1) is 8.72. The molecule has 5 heteroatoms. The number of nitrogens with one attached hydrogen (secondary N) is 1. The quantitative estimate of drug-likeness (QED) is 0.789. The van der Waals surface area contributed by atoms with Crippen molar-refractivity contribution in [2.75, 3.05) is 0 Å². The van der Waals surface area contributed by atoms with Crippen molar-refractivity contribution in [2.45, 2.75) is 0 Å². The molecule has 0 spiro atoms. The SMILES string of the molecule is O=c1c(Cl)c[nH]c2c(Br)cncc12. The molecule has 0 aliphatic rings. The maximum atomic E-state index is 11.5. The highest BCUT2D eigenvalue weighted by molar-refractivity contribution is 9.10. The van der Waals surface area contributed by atoms with E-state index in [1.807, 2.05) is 0 Å². The van der Waals surface area contributed by atoms with Crippen LogP contribution in [-0.4, -0.2) is 9.97 Å². The third-order valence-corrected chi connectivity index (χ3v) is 2.59. The molecule has 0 saturated heterocycles. The summed E-state index contributed by atoms with van der Waals surface area (Å²) < 4.78 is 0.749. The van der Waals surface area contributed by atoms with Gasteiger partial charge in [-0.3, -0.25) is 9.78 Å². The summed E-state index contributed by atoms with van der Waals surface area (Å²) in [5, 5.41) is 0.661. The highest BCUT2D eigenvalue weighted by Crippen LogP contribution is 2.18. The molecule has 0 radical (unpaired) electrons. The topological polar surface area (TPSA) is 45.8 Å². The minimum Gasteiger partial charge on any atom is -0.359 e. The van der Waals surface area contributed by atoms with Gasteiger partial charge < -0.3 is 4.98 Å². The molecule has 2 aromatic heterocycles. The first-order valence-electron chi connectivity index (χ1n) is 3.50. The van der Waals surface area contributed by atoms with Gasteiger partial charge in [0.05, 0.1) is 15.4 Å². The predicted molar refractivity (Wildman–Crippen MR) is 55.1 cm³/mol. The van der Waals surface area contributed by atoms with Gasteiger partial charge in [0.1, 0.15) is 5.02 Å². The third kappa shape index (κ3) is 1.36. The number of aromatic amines is 1. The van der Waals surface area contributed by atoms with E-state index in [1.165, 1.54) is 12.4 Å². The molecule has 0 atom stereocenters. The van der Waals surface area contributed by atoms with Crippen LogP contribution in [0.1, 0.15) is 0 Å². The number of H-pyrrole nitrogens is 1. The molecule has 13 heavy (non-hydrogen) atoms. The van der Waals surface area contributed by atoms with Crippen molar-refractivity contribution >= 4 is 38.4 Å². The van der Waals surface area contributed by atoms with E-state index in [2.05, 4.69) is 25.9 Å². The molecule has 1 N–H and O–H groups in total.